The van der Waals surface area contributed by atoms with Crippen LogP contribution < -0.4 is 11.1 Å². The van der Waals surface area contributed by atoms with Crippen LogP contribution in [-0.4, -0.2) is 35.8 Å². The minimum atomic E-state index is -0.475. The zero-order chi connectivity index (χ0) is 15.2. The Bertz CT molecular complexity index is 510. The van der Waals surface area contributed by atoms with Crippen LogP contribution in [0.2, 0.25) is 0 Å². The van der Waals surface area contributed by atoms with E-state index in [2.05, 4.69) is 5.32 Å². The molecule has 3 N–H and O–H groups in total. The second-order valence-electron chi connectivity index (χ2n) is 5.60. The van der Waals surface area contributed by atoms with E-state index in [4.69, 9.17) is 5.73 Å². The number of nitrogens with zero attached hydrogens (tertiary/aromatic N) is 1. The van der Waals surface area contributed by atoms with Crippen LogP contribution in [0.4, 0.5) is 5.69 Å². The first-order valence-electron chi connectivity index (χ1n) is 7.49. The molecular formula is C16H23N3O2. The Morgan fingerprint density at radius 2 is 2.00 bits per heavy atom. The first-order valence-corrected chi connectivity index (χ1v) is 7.49. The van der Waals surface area contributed by atoms with Crippen molar-refractivity contribution in [2.24, 2.45) is 0 Å². The van der Waals surface area contributed by atoms with E-state index >= 15 is 0 Å². The number of carbonyl (C=O) groups excluding carboxylic acids is 2. The van der Waals surface area contributed by atoms with Crippen LogP contribution in [0.1, 0.15) is 31.7 Å². The molecule has 1 aliphatic heterocycles. The van der Waals surface area contributed by atoms with Crippen molar-refractivity contribution >= 4 is 17.5 Å². The highest BCUT2D eigenvalue weighted by molar-refractivity contribution is 5.88. The summed E-state index contributed by atoms with van der Waals surface area (Å²) in [6.07, 6.45) is 3.52. The van der Waals surface area contributed by atoms with Crippen molar-refractivity contribution in [1.29, 1.82) is 0 Å². The number of anilines is 1. The average molecular weight is 289 g/mol. The number of rotatable bonds is 4. The van der Waals surface area contributed by atoms with Gasteiger partial charge in [-0.1, -0.05) is 12.1 Å². The van der Waals surface area contributed by atoms with Crippen molar-refractivity contribution in [2.75, 3.05) is 18.8 Å². The zero-order valence-corrected chi connectivity index (χ0v) is 12.5. The van der Waals surface area contributed by atoms with Gasteiger partial charge >= 0.3 is 0 Å². The molecule has 1 aromatic carbocycles. The maximum absolute atomic E-state index is 12.2. The van der Waals surface area contributed by atoms with Gasteiger partial charge in [0, 0.05) is 18.8 Å². The van der Waals surface area contributed by atoms with E-state index in [1.807, 2.05) is 17.0 Å². The summed E-state index contributed by atoms with van der Waals surface area (Å²) >= 11 is 0. The summed E-state index contributed by atoms with van der Waals surface area (Å²) in [6.45, 7) is 3.34. The third-order valence-electron chi connectivity index (χ3n) is 3.73. The molecule has 1 aliphatic rings. The molecular weight excluding hydrogens is 266 g/mol. The SMILES string of the molecule is CC(NC(=O)Cc1cccc(N)c1)C(=O)N1CCCCC1. The van der Waals surface area contributed by atoms with E-state index in [0.717, 1.165) is 31.5 Å². The summed E-state index contributed by atoms with van der Waals surface area (Å²) in [5.41, 5.74) is 7.18. The van der Waals surface area contributed by atoms with E-state index in [1.54, 1.807) is 19.1 Å². The van der Waals surface area contributed by atoms with Gasteiger partial charge in [0.15, 0.2) is 0 Å². The van der Waals surface area contributed by atoms with Crippen LogP contribution in [0, 0.1) is 0 Å². The number of nitrogens with two attached hydrogens (primary N) is 1. The van der Waals surface area contributed by atoms with Gasteiger partial charge < -0.3 is 16.0 Å². The third-order valence-corrected chi connectivity index (χ3v) is 3.73. The predicted molar refractivity (Wildman–Crippen MR) is 82.6 cm³/mol. The summed E-state index contributed by atoms with van der Waals surface area (Å²) in [7, 11) is 0. The van der Waals surface area contributed by atoms with Crippen LogP contribution in [0.25, 0.3) is 0 Å². The second kappa shape index (κ2) is 7.11. The molecule has 5 nitrogen and oxygen atoms in total. The van der Waals surface area contributed by atoms with Gasteiger partial charge in [-0.15, -0.1) is 0 Å². The summed E-state index contributed by atoms with van der Waals surface area (Å²) in [6, 6.07) is 6.75. The van der Waals surface area contributed by atoms with Gasteiger partial charge in [0.05, 0.1) is 6.42 Å². The number of benzene rings is 1. The number of nitrogens with one attached hydrogen (secondary N) is 1. The Balaban J connectivity index is 1.85. The van der Waals surface area contributed by atoms with Gasteiger partial charge in [0.2, 0.25) is 11.8 Å². The lowest BCUT2D eigenvalue weighted by atomic mass is 10.1. The van der Waals surface area contributed by atoms with Crippen LogP contribution in [0.5, 0.6) is 0 Å². The highest BCUT2D eigenvalue weighted by Crippen LogP contribution is 2.10. The highest BCUT2D eigenvalue weighted by atomic mass is 16.2. The van der Waals surface area contributed by atoms with Gasteiger partial charge in [0.25, 0.3) is 0 Å². The molecule has 0 aliphatic carbocycles. The van der Waals surface area contributed by atoms with E-state index < -0.39 is 6.04 Å². The van der Waals surface area contributed by atoms with E-state index in [0.29, 0.717) is 5.69 Å². The van der Waals surface area contributed by atoms with Crippen molar-refractivity contribution in [3.63, 3.8) is 0 Å². The normalized spacial score (nSPS) is 16.3. The van der Waals surface area contributed by atoms with Gasteiger partial charge in [-0.05, 0) is 43.9 Å². The molecule has 0 bridgehead atoms. The fourth-order valence-electron chi connectivity index (χ4n) is 2.63. The number of likely N-dealkylation sites (tertiary alicyclic amines) is 1. The van der Waals surface area contributed by atoms with E-state index in [-0.39, 0.29) is 18.2 Å². The molecule has 0 spiro atoms. The molecule has 1 saturated heterocycles. The topological polar surface area (TPSA) is 75.4 Å². The number of nitrogen functional groups attached to an aromatic ring is 1. The van der Waals surface area contributed by atoms with Crippen molar-refractivity contribution in [3.05, 3.63) is 29.8 Å². The van der Waals surface area contributed by atoms with Crippen molar-refractivity contribution in [1.82, 2.24) is 10.2 Å². The third kappa shape index (κ3) is 4.48. The number of piperidine rings is 1. The number of hydrogen-bond acceptors (Lipinski definition) is 3. The molecule has 0 saturated carbocycles. The molecule has 0 aromatic heterocycles. The fourth-order valence-corrected chi connectivity index (χ4v) is 2.63. The molecule has 21 heavy (non-hydrogen) atoms. The van der Waals surface area contributed by atoms with Gasteiger partial charge in [-0.25, -0.2) is 0 Å². The largest absolute Gasteiger partial charge is 0.399 e. The lowest BCUT2D eigenvalue weighted by Gasteiger charge is -2.29. The van der Waals surface area contributed by atoms with Crippen molar-refractivity contribution in [3.8, 4) is 0 Å². The summed E-state index contributed by atoms with van der Waals surface area (Å²) in [5.74, 6) is -0.144. The van der Waals surface area contributed by atoms with Gasteiger partial charge in [0.1, 0.15) is 6.04 Å². The zero-order valence-electron chi connectivity index (χ0n) is 12.5. The smallest absolute Gasteiger partial charge is 0.244 e. The number of hydrogen-bond donors (Lipinski definition) is 2. The van der Waals surface area contributed by atoms with E-state index in [1.165, 1.54) is 6.42 Å². The first-order chi connectivity index (χ1) is 10.1. The molecule has 1 heterocycles. The maximum atomic E-state index is 12.2. The predicted octanol–water partition coefficient (Wildman–Crippen LogP) is 1.33. The summed E-state index contributed by atoms with van der Waals surface area (Å²) < 4.78 is 0. The molecule has 5 heteroatoms. The number of amides is 2. The lowest BCUT2D eigenvalue weighted by molar-refractivity contribution is -0.136. The van der Waals surface area contributed by atoms with Crippen LogP contribution in [0.3, 0.4) is 0 Å². The van der Waals surface area contributed by atoms with Crippen molar-refractivity contribution in [2.45, 2.75) is 38.6 Å². The fraction of sp³-hybridized carbons (Fsp3) is 0.500. The molecule has 114 valence electrons. The average Bonchev–Trinajstić information content (AvgIpc) is 2.47. The minimum absolute atomic E-state index is 0.00984. The first kappa shape index (κ1) is 15.4. The maximum Gasteiger partial charge on any atom is 0.244 e. The van der Waals surface area contributed by atoms with Crippen LogP contribution in [-0.2, 0) is 16.0 Å². The Labute approximate surface area is 125 Å². The quantitative estimate of drug-likeness (QED) is 0.821. The molecule has 1 atom stereocenters. The minimum Gasteiger partial charge on any atom is -0.399 e. The second-order valence-corrected chi connectivity index (χ2v) is 5.60. The highest BCUT2D eigenvalue weighted by Gasteiger charge is 2.23. The Morgan fingerprint density at radius 3 is 2.67 bits per heavy atom. The lowest BCUT2D eigenvalue weighted by Crippen LogP contribution is -2.48. The Kier molecular flexibility index (Phi) is 5.20. The molecule has 1 aromatic rings. The Hall–Kier alpha value is -2.04. The van der Waals surface area contributed by atoms with Gasteiger partial charge in [-0.3, -0.25) is 9.59 Å². The molecule has 1 unspecified atom stereocenters. The summed E-state index contributed by atoms with van der Waals surface area (Å²) in [4.78, 5) is 26.1. The molecule has 2 amide bonds. The van der Waals surface area contributed by atoms with Crippen LogP contribution >= 0.6 is 0 Å². The Morgan fingerprint density at radius 1 is 1.29 bits per heavy atom. The molecule has 1 fully saturated rings. The number of carbonyl (C=O) groups is 2. The van der Waals surface area contributed by atoms with Gasteiger partial charge in [-0.2, -0.15) is 0 Å². The molecule has 2 rings (SSSR count). The standard InChI is InChI=1S/C16H23N3O2/c1-12(16(21)19-8-3-2-4-9-19)18-15(20)11-13-6-5-7-14(17)10-13/h5-7,10,12H,2-4,8-9,11,17H2,1H3,(H,18,20). The molecule has 0 radical (unpaired) electrons. The van der Waals surface area contributed by atoms with E-state index in [9.17, 15) is 9.59 Å². The van der Waals surface area contributed by atoms with Crippen LogP contribution in [0.15, 0.2) is 24.3 Å². The monoisotopic (exact) mass is 289 g/mol. The van der Waals surface area contributed by atoms with Crippen molar-refractivity contribution < 1.29 is 9.59 Å². The summed E-state index contributed by atoms with van der Waals surface area (Å²) in [5, 5.41) is 2.77.